The van der Waals surface area contributed by atoms with Crippen LogP contribution in [0.15, 0.2) is 23.6 Å². The number of allylic oxidation sites excluding steroid dienone is 4. The molecule has 0 aliphatic heterocycles. The second kappa shape index (κ2) is 5.21. The number of hydrogen-bond donors (Lipinski definition) is 0. The molecule has 0 aromatic carbocycles. The summed E-state index contributed by atoms with van der Waals surface area (Å²) in [5, 5.41) is 0. The molecule has 0 aliphatic rings. The molecule has 0 radical (unpaired) electrons. The third-order valence-electron chi connectivity index (χ3n) is 1.34. The van der Waals surface area contributed by atoms with Gasteiger partial charge in [-0.25, -0.2) is 4.39 Å². The summed E-state index contributed by atoms with van der Waals surface area (Å²) in [6.45, 7) is 5.88. The Morgan fingerprint density at radius 3 is 2.40 bits per heavy atom. The third-order valence-corrected chi connectivity index (χ3v) is 1.34. The number of rotatable bonds is 3. The molecule has 0 saturated carbocycles. The van der Waals surface area contributed by atoms with E-state index in [4.69, 9.17) is 0 Å². The van der Waals surface area contributed by atoms with E-state index in [1.165, 1.54) is 0 Å². The molecular weight excluding hydrogens is 127 g/mol. The van der Waals surface area contributed by atoms with Gasteiger partial charge in [-0.2, -0.15) is 0 Å². The van der Waals surface area contributed by atoms with Gasteiger partial charge in [-0.05, 0) is 31.9 Å². The van der Waals surface area contributed by atoms with Gasteiger partial charge in [0.2, 0.25) is 0 Å². The van der Waals surface area contributed by atoms with Crippen LogP contribution in [0.2, 0.25) is 0 Å². The van der Waals surface area contributed by atoms with Gasteiger partial charge < -0.3 is 0 Å². The first-order chi connectivity index (χ1) is 4.70. The minimum Gasteiger partial charge on any atom is -0.207 e. The Balaban J connectivity index is 3.98. The van der Waals surface area contributed by atoms with E-state index in [1.54, 1.807) is 12.2 Å². The second-order valence-corrected chi connectivity index (χ2v) is 2.34. The summed E-state index contributed by atoms with van der Waals surface area (Å²) in [4.78, 5) is 0. The second-order valence-electron chi connectivity index (χ2n) is 2.34. The molecule has 0 atom stereocenters. The molecule has 0 N–H and O–H groups in total. The first kappa shape index (κ1) is 9.41. The van der Waals surface area contributed by atoms with E-state index in [2.05, 4.69) is 0 Å². The van der Waals surface area contributed by atoms with Crippen LogP contribution in [0.1, 0.15) is 33.6 Å². The first-order valence-electron chi connectivity index (χ1n) is 3.73. The Morgan fingerprint density at radius 1 is 1.40 bits per heavy atom. The molecule has 0 aromatic rings. The normalized spacial score (nSPS) is 14.0. The van der Waals surface area contributed by atoms with Crippen LogP contribution in [0, 0.1) is 0 Å². The van der Waals surface area contributed by atoms with Gasteiger partial charge in [0, 0.05) is 0 Å². The molecule has 0 fully saturated rings. The molecule has 0 unspecified atom stereocenters. The highest BCUT2D eigenvalue weighted by Crippen LogP contribution is 2.06. The molecule has 0 spiro atoms. The zero-order chi connectivity index (χ0) is 7.98. The highest BCUT2D eigenvalue weighted by Gasteiger charge is 1.87. The van der Waals surface area contributed by atoms with Crippen LogP contribution < -0.4 is 0 Å². The Labute approximate surface area is 62.4 Å². The molecule has 0 saturated heterocycles. The lowest BCUT2D eigenvalue weighted by molar-refractivity contribution is 0.658. The molecule has 0 heterocycles. The van der Waals surface area contributed by atoms with E-state index in [1.807, 2.05) is 20.8 Å². The summed E-state index contributed by atoms with van der Waals surface area (Å²) in [6, 6.07) is 0. The zero-order valence-electron chi connectivity index (χ0n) is 6.95. The molecule has 58 valence electrons. The Morgan fingerprint density at radius 2 is 2.00 bits per heavy atom. The van der Waals surface area contributed by atoms with Crippen LogP contribution in [0.4, 0.5) is 4.39 Å². The highest BCUT2D eigenvalue weighted by molar-refractivity contribution is 5.15. The molecule has 0 rings (SSSR count). The van der Waals surface area contributed by atoms with Gasteiger partial charge in [0.15, 0.2) is 0 Å². The monoisotopic (exact) mass is 142 g/mol. The van der Waals surface area contributed by atoms with E-state index in [0.717, 1.165) is 18.4 Å². The SMILES string of the molecule is CC/C=C(F)\C=C(\C)CC. The summed E-state index contributed by atoms with van der Waals surface area (Å²) in [5.41, 5.74) is 1.09. The molecule has 10 heavy (non-hydrogen) atoms. The van der Waals surface area contributed by atoms with Crippen molar-refractivity contribution < 1.29 is 4.39 Å². The predicted molar refractivity (Wildman–Crippen MR) is 43.5 cm³/mol. The maximum atomic E-state index is 12.6. The van der Waals surface area contributed by atoms with Crippen molar-refractivity contribution in [2.24, 2.45) is 0 Å². The van der Waals surface area contributed by atoms with Gasteiger partial charge in [0.25, 0.3) is 0 Å². The standard InChI is InChI=1S/C9H15F/c1-4-6-9(10)7-8(3)5-2/h6-7H,4-5H2,1-3H3/b8-7-,9-6+. The van der Waals surface area contributed by atoms with Crippen molar-refractivity contribution in [2.75, 3.05) is 0 Å². The fraction of sp³-hybridized carbons (Fsp3) is 0.556. The van der Waals surface area contributed by atoms with E-state index in [9.17, 15) is 4.39 Å². The fourth-order valence-corrected chi connectivity index (χ4v) is 0.591. The summed E-state index contributed by atoms with van der Waals surface area (Å²) in [5.74, 6) is -0.109. The highest BCUT2D eigenvalue weighted by atomic mass is 19.1. The van der Waals surface area contributed by atoms with Crippen LogP contribution in [-0.2, 0) is 0 Å². The lowest BCUT2D eigenvalue weighted by Gasteiger charge is -1.91. The molecule has 0 bridgehead atoms. The quantitative estimate of drug-likeness (QED) is 0.528. The smallest absolute Gasteiger partial charge is 0.119 e. The van der Waals surface area contributed by atoms with Gasteiger partial charge in [-0.3, -0.25) is 0 Å². The van der Waals surface area contributed by atoms with Gasteiger partial charge in [0.1, 0.15) is 5.83 Å². The van der Waals surface area contributed by atoms with E-state index >= 15 is 0 Å². The maximum Gasteiger partial charge on any atom is 0.119 e. The van der Waals surface area contributed by atoms with Crippen molar-refractivity contribution in [3.05, 3.63) is 23.6 Å². The lowest BCUT2D eigenvalue weighted by Crippen LogP contribution is -1.72. The van der Waals surface area contributed by atoms with Crippen molar-refractivity contribution in [2.45, 2.75) is 33.6 Å². The minimum absolute atomic E-state index is 0.109. The lowest BCUT2D eigenvalue weighted by atomic mass is 10.2. The van der Waals surface area contributed by atoms with Crippen LogP contribution in [0.3, 0.4) is 0 Å². The minimum atomic E-state index is -0.109. The average Bonchev–Trinajstić information content (AvgIpc) is 1.88. The van der Waals surface area contributed by atoms with Crippen molar-refractivity contribution in [3.8, 4) is 0 Å². The maximum absolute atomic E-state index is 12.6. The van der Waals surface area contributed by atoms with Crippen LogP contribution in [-0.4, -0.2) is 0 Å². The summed E-state index contributed by atoms with van der Waals surface area (Å²) < 4.78 is 12.6. The van der Waals surface area contributed by atoms with Crippen molar-refractivity contribution in [1.82, 2.24) is 0 Å². The molecule has 0 aromatic heterocycles. The van der Waals surface area contributed by atoms with Gasteiger partial charge in [-0.1, -0.05) is 19.4 Å². The Bertz CT molecular complexity index is 143. The van der Waals surface area contributed by atoms with Gasteiger partial charge >= 0.3 is 0 Å². The van der Waals surface area contributed by atoms with Crippen molar-refractivity contribution in [1.29, 1.82) is 0 Å². The molecule has 0 aliphatic carbocycles. The molecule has 1 heteroatoms. The Kier molecular flexibility index (Phi) is 4.91. The topological polar surface area (TPSA) is 0 Å². The molecule has 0 amide bonds. The van der Waals surface area contributed by atoms with Gasteiger partial charge in [0.05, 0.1) is 0 Å². The summed E-state index contributed by atoms with van der Waals surface area (Å²) in [7, 11) is 0. The van der Waals surface area contributed by atoms with Crippen LogP contribution in [0.5, 0.6) is 0 Å². The third kappa shape index (κ3) is 4.30. The zero-order valence-corrected chi connectivity index (χ0v) is 6.95. The van der Waals surface area contributed by atoms with Crippen LogP contribution in [0.25, 0.3) is 0 Å². The molecular formula is C9H15F. The van der Waals surface area contributed by atoms with E-state index in [0.29, 0.717) is 0 Å². The predicted octanol–water partition coefficient (Wildman–Crippen LogP) is 3.61. The Hall–Kier alpha value is -0.590. The average molecular weight is 142 g/mol. The van der Waals surface area contributed by atoms with Crippen molar-refractivity contribution in [3.63, 3.8) is 0 Å². The first-order valence-corrected chi connectivity index (χ1v) is 3.73. The van der Waals surface area contributed by atoms with Crippen LogP contribution >= 0.6 is 0 Å². The number of halogens is 1. The fourth-order valence-electron chi connectivity index (χ4n) is 0.591. The number of hydrogen-bond acceptors (Lipinski definition) is 0. The van der Waals surface area contributed by atoms with E-state index in [-0.39, 0.29) is 5.83 Å². The molecule has 0 nitrogen and oxygen atoms in total. The van der Waals surface area contributed by atoms with Crippen molar-refractivity contribution >= 4 is 0 Å². The van der Waals surface area contributed by atoms with E-state index < -0.39 is 0 Å². The largest absolute Gasteiger partial charge is 0.207 e. The van der Waals surface area contributed by atoms with Gasteiger partial charge in [-0.15, -0.1) is 0 Å². The summed E-state index contributed by atoms with van der Waals surface area (Å²) >= 11 is 0. The summed E-state index contributed by atoms with van der Waals surface area (Å²) in [6.07, 6.45) is 4.85.